The number of aryl methyl sites for hydroxylation is 1. The normalized spacial score (nSPS) is 12.1. The summed E-state index contributed by atoms with van der Waals surface area (Å²) >= 11 is 0. The summed E-state index contributed by atoms with van der Waals surface area (Å²) in [6, 6.07) is 4.80. The number of amides is 2. The van der Waals surface area contributed by atoms with Crippen molar-refractivity contribution in [1.29, 1.82) is 0 Å². The molecule has 0 radical (unpaired) electrons. The van der Waals surface area contributed by atoms with E-state index in [2.05, 4.69) is 10.6 Å². The van der Waals surface area contributed by atoms with E-state index in [-0.39, 0.29) is 17.7 Å². The van der Waals surface area contributed by atoms with E-state index >= 15 is 0 Å². The highest BCUT2D eigenvalue weighted by Crippen LogP contribution is 2.21. The minimum atomic E-state index is -0.576. The van der Waals surface area contributed by atoms with Crippen LogP contribution >= 0.6 is 0 Å². The first-order chi connectivity index (χ1) is 8.81. The van der Waals surface area contributed by atoms with Gasteiger partial charge in [-0.1, -0.05) is 19.9 Å². The predicted octanol–water partition coefficient (Wildman–Crippen LogP) is 1.88. The number of rotatable bonds is 4. The van der Waals surface area contributed by atoms with Gasteiger partial charge in [0.15, 0.2) is 0 Å². The van der Waals surface area contributed by atoms with Crippen molar-refractivity contribution in [3.8, 4) is 0 Å². The lowest BCUT2D eigenvalue weighted by atomic mass is 10.1. The lowest BCUT2D eigenvalue weighted by molar-refractivity contribution is -0.119. The Morgan fingerprint density at radius 1 is 1.11 bits per heavy atom. The van der Waals surface area contributed by atoms with Crippen molar-refractivity contribution in [1.82, 2.24) is 0 Å². The number of benzene rings is 1. The van der Waals surface area contributed by atoms with Crippen molar-refractivity contribution >= 4 is 23.2 Å². The molecular formula is C14H21N3O2. The van der Waals surface area contributed by atoms with Crippen LogP contribution in [0.15, 0.2) is 18.2 Å². The van der Waals surface area contributed by atoms with E-state index in [4.69, 9.17) is 5.73 Å². The molecule has 0 fully saturated rings. The Hall–Kier alpha value is -1.88. The molecule has 5 nitrogen and oxygen atoms in total. The summed E-state index contributed by atoms with van der Waals surface area (Å²) in [7, 11) is 0. The van der Waals surface area contributed by atoms with Gasteiger partial charge in [0.05, 0.1) is 6.04 Å². The van der Waals surface area contributed by atoms with Gasteiger partial charge in [-0.15, -0.1) is 0 Å². The number of carbonyl (C=O) groups is 2. The van der Waals surface area contributed by atoms with Crippen LogP contribution in [0.1, 0.15) is 26.3 Å². The van der Waals surface area contributed by atoms with Crippen LogP contribution in [0.25, 0.3) is 0 Å². The number of anilines is 2. The van der Waals surface area contributed by atoms with Crippen molar-refractivity contribution in [3.63, 3.8) is 0 Å². The molecule has 0 aliphatic carbocycles. The van der Waals surface area contributed by atoms with Crippen LogP contribution in [0, 0.1) is 12.8 Å². The van der Waals surface area contributed by atoms with Crippen LogP contribution in [0.5, 0.6) is 0 Å². The maximum atomic E-state index is 11.6. The second-order valence-electron chi connectivity index (χ2n) is 4.95. The van der Waals surface area contributed by atoms with Gasteiger partial charge in [0.25, 0.3) is 0 Å². The van der Waals surface area contributed by atoms with Gasteiger partial charge in [-0.2, -0.15) is 0 Å². The third kappa shape index (κ3) is 4.37. The van der Waals surface area contributed by atoms with Gasteiger partial charge in [-0.25, -0.2) is 0 Å². The molecule has 2 amide bonds. The average Bonchev–Trinajstić information content (AvgIpc) is 2.32. The van der Waals surface area contributed by atoms with Gasteiger partial charge >= 0.3 is 0 Å². The minimum Gasteiger partial charge on any atom is -0.326 e. The van der Waals surface area contributed by atoms with Crippen molar-refractivity contribution in [2.45, 2.75) is 33.7 Å². The number of hydrogen-bond donors (Lipinski definition) is 3. The van der Waals surface area contributed by atoms with E-state index in [9.17, 15) is 9.59 Å². The van der Waals surface area contributed by atoms with Gasteiger partial charge in [0.2, 0.25) is 11.8 Å². The summed E-state index contributed by atoms with van der Waals surface area (Å²) in [5, 5.41) is 5.53. The molecule has 0 spiro atoms. The van der Waals surface area contributed by atoms with Crippen LogP contribution in [0.4, 0.5) is 11.4 Å². The highest BCUT2D eigenvalue weighted by Gasteiger charge is 2.11. The molecule has 19 heavy (non-hydrogen) atoms. The first-order valence-electron chi connectivity index (χ1n) is 6.29. The van der Waals surface area contributed by atoms with Crippen LogP contribution < -0.4 is 16.4 Å². The molecule has 0 aliphatic heterocycles. The van der Waals surface area contributed by atoms with E-state index in [1.165, 1.54) is 0 Å². The standard InChI is InChI=1S/C14H21N3O2/c1-8(2)13(18)16-11-6-5-9(3)12(7-11)17-14(19)10(4)15/h5-8,10H,15H2,1-4H3,(H,16,18)(H,17,19)/t10-/m0/s1. The molecule has 0 saturated carbocycles. The molecule has 0 aromatic heterocycles. The Kier molecular flexibility index (Phi) is 5.06. The van der Waals surface area contributed by atoms with E-state index < -0.39 is 6.04 Å². The zero-order chi connectivity index (χ0) is 14.6. The highest BCUT2D eigenvalue weighted by molar-refractivity contribution is 5.97. The van der Waals surface area contributed by atoms with Crippen molar-refractivity contribution < 1.29 is 9.59 Å². The smallest absolute Gasteiger partial charge is 0.241 e. The summed E-state index contributed by atoms with van der Waals surface area (Å²) in [5.41, 5.74) is 7.74. The average molecular weight is 263 g/mol. The van der Waals surface area contributed by atoms with Crippen molar-refractivity contribution in [2.24, 2.45) is 11.7 Å². The third-order valence-corrected chi connectivity index (χ3v) is 2.70. The number of hydrogen-bond acceptors (Lipinski definition) is 3. The summed E-state index contributed by atoms with van der Waals surface area (Å²) < 4.78 is 0. The fraction of sp³-hybridized carbons (Fsp3) is 0.429. The van der Waals surface area contributed by atoms with E-state index in [0.717, 1.165) is 5.56 Å². The van der Waals surface area contributed by atoms with Gasteiger partial charge in [-0.3, -0.25) is 9.59 Å². The number of carbonyl (C=O) groups excluding carboxylic acids is 2. The van der Waals surface area contributed by atoms with E-state index in [1.807, 2.05) is 26.8 Å². The molecule has 1 aromatic carbocycles. The van der Waals surface area contributed by atoms with Crippen molar-refractivity contribution in [2.75, 3.05) is 10.6 Å². The zero-order valence-electron chi connectivity index (χ0n) is 11.8. The Labute approximate surface area is 113 Å². The second kappa shape index (κ2) is 6.33. The van der Waals surface area contributed by atoms with Gasteiger partial charge in [-0.05, 0) is 31.5 Å². The predicted molar refractivity (Wildman–Crippen MR) is 76.9 cm³/mol. The molecule has 1 aromatic rings. The lowest BCUT2D eigenvalue weighted by Crippen LogP contribution is -2.32. The molecule has 4 N–H and O–H groups in total. The summed E-state index contributed by atoms with van der Waals surface area (Å²) in [4.78, 5) is 23.2. The molecule has 0 saturated heterocycles. The molecule has 1 rings (SSSR count). The third-order valence-electron chi connectivity index (χ3n) is 2.70. The molecule has 0 bridgehead atoms. The first-order valence-corrected chi connectivity index (χ1v) is 6.29. The number of nitrogens with two attached hydrogens (primary N) is 1. The fourth-order valence-corrected chi connectivity index (χ4v) is 1.37. The van der Waals surface area contributed by atoms with E-state index in [0.29, 0.717) is 11.4 Å². The zero-order valence-corrected chi connectivity index (χ0v) is 11.8. The molecule has 5 heteroatoms. The first kappa shape index (κ1) is 15.2. The Balaban J connectivity index is 2.88. The fourth-order valence-electron chi connectivity index (χ4n) is 1.37. The second-order valence-corrected chi connectivity index (χ2v) is 4.95. The van der Waals surface area contributed by atoms with Crippen LogP contribution in [0.3, 0.4) is 0 Å². The van der Waals surface area contributed by atoms with Gasteiger partial charge in [0.1, 0.15) is 0 Å². The maximum absolute atomic E-state index is 11.6. The molecular weight excluding hydrogens is 242 g/mol. The minimum absolute atomic E-state index is 0.0617. The molecule has 1 atom stereocenters. The molecule has 104 valence electrons. The summed E-state index contributed by atoms with van der Waals surface area (Å²) in [5.74, 6) is -0.410. The monoisotopic (exact) mass is 263 g/mol. The molecule has 0 heterocycles. The van der Waals surface area contributed by atoms with Crippen LogP contribution in [-0.2, 0) is 9.59 Å². The topological polar surface area (TPSA) is 84.2 Å². The Bertz CT molecular complexity index is 482. The lowest BCUT2D eigenvalue weighted by Gasteiger charge is -2.13. The Morgan fingerprint density at radius 2 is 1.74 bits per heavy atom. The SMILES string of the molecule is Cc1ccc(NC(=O)C(C)C)cc1NC(=O)[C@H](C)N. The van der Waals surface area contributed by atoms with Gasteiger partial charge < -0.3 is 16.4 Å². The largest absolute Gasteiger partial charge is 0.326 e. The van der Waals surface area contributed by atoms with Crippen LogP contribution in [-0.4, -0.2) is 17.9 Å². The van der Waals surface area contributed by atoms with Crippen molar-refractivity contribution in [3.05, 3.63) is 23.8 Å². The molecule has 0 aliphatic rings. The maximum Gasteiger partial charge on any atom is 0.241 e. The summed E-state index contributed by atoms with van der Waals surface area (Å²) in [6.07, 6.45) is 0. The number of nitrogens with one attached hydrogen (secondary N) is 2. The highest BCUT2D eigenvalue weighted by atomic mass is 16.2. The Morgan fingerprint density at radius 3 is 2.26 bits per heavy atom. The molecule has 0 unspecified atom stereocenters. The summed E-state index contributed by atoms with van der Waals surface area (Å²) in [6.45, 7) is 7.14. The van der Waals surface area contributed by atoms with Crippen LogP contribution in [0.2, 0.25) is 0 Å². The van der Waals surface area contributed by atoms with Gasteiger partial charge in [0, 0.05) is 17.3 Å². The quantitative estimate of drug-likeness (QED) is 0.775. The van der Waals surface area contributed by atoms with E-state index in [1.54, 1.807) is 19.1 Å².